The van der Waals surface area contributed by atoms with Gasteiger partial charge in [0.2, 0.25) is 10.0 Å². The number of hydrogen-bond acceptors (Lipinski definition) is 3. The maximum atomic E-state index is 11.6. The minimum absolute atomic E-state index is 0. The predicted molar refractivity (Wildman–Crippen MR) is 82.2 cm³/mol. The molecule has 6 heteroatoms. The van der Waals surface area contributed by atoms with Gasteiger partial charge in [-0.25, -0.2) is 13.1 Å². The van der Waals surface area contributed by atoms with Crippen LogP contribution in [0.4, 0.5) is 0 Å². The lowest BCUT2D eigenvalue weighted by molar-refractivity contribution is 0.554. The molecular weight excluding hydrogens is 284 g/mol. The molecular formula is C13H23ClN2O2S. The van der Waals surface area contributed by atoms with Gasteiger partial charge in [-0.2, -0.15) is 0 Å². The Hall–Kier alpha value is -0.620. The van der Waals surface area contributed by atoms with Crippen molar-refractivity contribution in [3.8, 4) is 0 Å². The second-order valence-corrected chi connectivity index (χ2v) is 6.55. The van der Waals surface area contributed by atoms with Crippen molar-refractivity contribution >= 4 is 22.4 Å². The summed E-state index contributed by atoms with van der Waals surface area (Å²) in [5.74, 6) is 0.0996. The van der Waals surface area contributed by atoms with Gasteiger partial charge in [0.05, 0.1) is 5.75 Å². The average Bonchev–Trinajstić information content (AvgIpc) is 2.28. The molecule has 0 aliphatic carbocycles. The highest BCUT2D eigenvalue weighted by Crippen LogP contribution is 2.10. The van der Waals surface area contributed by atoms with Crippen LogP contribution < -0.4 is 10.0 Å². The van der Waals surface area contributed by atoms with E-state index in [4.69, 9.17) is 0 Å². The Bertz CT molecular complexity index is 449. The SMILES string of the molecule is CC(C)NS(=O)(=O)CCNC(C)c1ccccc1.Cl. The summed E-state index contributed by atoms with van der Waals surface area (Å²) in [6, 6.07) is 10.1. The van der Waals surface area contributed by atoms with Crippen molar-refractivity contribution in [2.45, 2.75) is 32.9 Å². The second kappa shape index (κ2) is 8.53. The maximum absolute atomic E-state index is 11.6. The molecule has 0 aliphatic heterocycles. The molecule has 0 spiro atoms. The lowest BCUT2D eigenvalue weighted by Gasteiger charge is -2.15. The van der Waals surface area contributed by atoms with Crippen molar-refractivity contribution in [1.82, 2.24) is 10.0 Å². The molecule has 0 amide bonds. The van der Waals surface area contributed by atoms with E-state index in [-0.39, 0.29) is 30.2 Å². The van der Waals surface area contributed by atoms with E-state index in [9.17, 15) is 8.42 Å². The summed E-state index contributed by atoms with van der Waals surface area (Å²) < 4.78 is 25.8. The van der Waals surface area contributed by atoms with Gasteiger partial charge in [0.1, 0.15) is 0 Å². The number of hydrogen-bond donors (Lipinski definition) is 2. The summed E-state index contributed by atoms with van der Waals surface area (Å²) in [6.07, 6.45) is 0. The Labute approximate surface area is 122 Å². The van der Waals surface area contributed by atoms with E-state index in [0.29, 0.717) is 6.54 Å². The van der Waals surface area contributed by atoms with Gasteiger partial charge in [-0.05, 0) is 26.3 Å². The zero-order valence-corrected chi connectivity index (χ0v) is 13.2. The third kappa shape index (κ3) is 7.52. The number of benzene rings is 1. The fourth-order valence-electron chi connectivity index (χ4n) is 1.69. The number of halogens is 1. The highest BCUT2D eigenvalue weighted by Gasteiger charge is 2.12. The summed E-state index contributed by atoms with van der Waals surface area (Å²) in [7, 11) is -3.17. The van der Waals surface area contributed by atoms with Crippen LogP contribution in [-0.2, 0) is 10.0 Å². The van der Waals surface area contributed by atoms with Crippen molar-refractivity contribution in [3.05, 3.63) is 35.9 Å². The molecule has 2 N–H and O–H groups in total. The average molecular weight is 307 g/mol. The lowest BCUT2D eigenvalue weighted by atomic mass is 10.1. The fourth-order valence-corrected chi connectivity index (χ4v) is 2.91. The number of sulfonamides is 1. The molecule has 0 fully saturated rings. The van der Waals surface area contributed by atoms with Gasteiger partial charge in [-0.3, -0.25) is 0 Å². The van der Waals surface area contributed by atoms with Crippen LogP contribution >= 0.6 is 12.4 Å². The minimum Gasteiger partial charge on any atom is -0.309 e. The lowest BCUT2D eigenvalue weighted by Crippen LogP contribution is -2.36. The molecule has 1 aromatic carbocycles. The van der Waals surface area contributed by atoms with Gasteiger partial charge in [-0.15, -0.1) is 12.4 Å². The molecule has 0 saturated carbocycles. The van der Waals surface area contributed by atoms with Crippen LogP contribution in [0.5, 0.6) is 0 Å². The fraction of sp³-hybridized carbons (Fsp3) is 0.538. The molecule has 110 valence electrons. The standard InChI is InChI=1S/C13H22N2O2S.ClH/c1-11(2)15-18(16,17)10-9-14-12(3)13-7-5-4-6-8-13;/h4-8,11-12,14-15H,9-10H2,1-3H3;1H. The van der Waals surface area contributed by atoms with Gasteiger partial charge in [0.15, 0.2) is 0 Å². The van der Waals surface area contributed by atoms with Crippen molar-refractivity contribution in [3.63, 3.8) is 0 Å². The van der Waals surface area contributed by atoms with Crippen molar-refractivity contribution in [2.75, 3.05) is 12.3 Å². The van der Waals surface area contributed by atoms with Crippen LogP contribution in [0.3, 0.4) is 0 Å². The molecule has 0 radical (unpaired) electrons. The van der Waals surface area contributed by atoms with Gasteiger partial charge >= 0.3 is 0 Å². The van der Waals surface area contributed by atoms with E-state index < -0.39 is 10.0 Å². The quantitative estimate of drug-likeness (QED) is 0.811. The first-order valence-electron chi connectivity index (χ1n) is 6.19. The van der Waals surface area contributed by atoms with Gasteiger partial charge in [-0.1, -0.05) is 30.3 Å². The molecule has 0 saturated heterocycles. The Kier molecular flexibility index (Phi) is 8.25. The number of nitrogens with one attached hydrogen (secondary N) is 2. The Morgan fingerprint density at radius 2 is 1.68 bits per heavy atom. The summed E-state index contributed by atoms with van der Waals surface area (Å²) >= 11 is 0. The first-order chi connectivity index (χ1) is 8.41. The van der Waals surface area contributed by atoms with E-state index in [0.717, 1.165) is 5.56 Å². The van der Waals surface area contributed by atoms with Crippen LogP contribution in [0.1, 0.15) is 32.4 Å². The smallest absolute Gasteiger partial charge is 0.213 e. The van der Waals surface area contributed by atoms with E-state index >= 15 is 0 Å². The Morgan fingerprint density at radius 1 is 1.11 bits per heavy atom. The molecule has 0 aliphatic rings. The van der Waals surface area contributed by atoms with E-state index in [1.54, 1.807) is 0 Å². The van der Waals surface area contributed by atoms with Crippen LogP contribution in [-0.4, -0.2) is 26.8 Å². The first-order valence-corrected chi connectivity index (χ1v) is 7.84. The third-order valence-corrected chi connectivity index (χ3v) is 4.11. The van der Waals surface area contributed by atoms with Gasteiger partial charge < -0.3 is 5.32 Å². The summed E-state index contributed by atoms with van der Waals surface area (Å²) in [5, 5.41) is 3.21. The van der Waals surface area contributed by atoms with Gasteiger partial charge in [0, 0.05) is 18.6 Å². The zero-order chi connectivity index (χ0) is 13.6. The van der Waals surface area contributed by atoms with Crippen LogP contribution in [0, 0.1) is 0 Å². The monoisotopic (exact) mass is 306 g/mol. The van der Waals surface area contributed by atoms with Crippen LogP contribution in [0.15, 0.2) is 30.3 Å². The van der Waals surface area contributed by atoms with Crippen molar-refractivity contribution in [1.29, 1.82) is 0 Å². The van der Waals surface area contributed by atoms with E-state index in [2.05, 4.69) is 10.0 Å². The summed E-state index contributed by atoms with van der Waals surface area (Å²) in [6.45, 7) is 6.10. The highest BCUT2D eigenvalue weighted by molar-refractivity contribution is 7.89. The third-order valence-electron chi connectivity index (χ3n) is 2.54. The predicted octanol–water partition coefficient (Wildman–Crippen LogP) is 2.09. The molecule has 1 atom stereocenters. The van der Waals surface area contributed by atoms with Crippen LogP contribution in [0.2, 0.25) is 0 Å². The molecule has 0 bridgehead atoms. The zero-order valence-electron chi connectivity index (χ0n) is 11.6. The van der Waals surface area contributed by atoms with Gasteiger partial charge in [0.25, 0.3) is 0 Å². The molecule has 1 rings (SSSR count). The molecule has 0 aromatic heterocycles. The molecule has 19 heavy (non-hydrogen) atoms. The molecule has 0 heterocycles. The second-order valence-electron chi connectivity index (χ2n) is 4.68. The molecule has 1 aromatic rings. The number of rotatable bonds is 7. The summed E-state index contributed by atoms with van der Waals surface area (Å²) in [4.78, 5) is 0. The molecule has 4 nitrogen and oxygen atoms in total. The topological polar surface area (TPSA) is 58.2 Å². The molecule has 1 unspecified atom stereocenters. The van der Waals surface area contributed by atoms with Crippen molar-refractivity contribution in [2.24, 2.45) is 0 Å². The van der Waals surface area contributed by atoms with E-state index in [1.807, 2.05) is 51.1 Å². The summed E-state index contributed by atoms with van der Waals surface area (Å²) in [5.41, 5.74) is 1.16. The largest absolute Gasteiger partial charge is 0.309 e. The van der Waals surface area contributed by atoms with Crippen molar-refractivity contribution < 1.29 is 8.42 Å². The normalized spacial score (nSPS) is 13.1. The maximum Gasteiger partial charge on any atom is 0.213 e. The van der Waals surface area contributed by atoms with E-state index in [1.165, 1.54) is 0 Å². The Balaban J connectivity index is 0.00000324. The first kappa shape index (κ1) is 18.4. The highest BCUT2D eigenvalue weighted by atomic mass is 35.5. The van der Waals surface area contributed by atoms with Crippen LogP contribution in [0.25, 0.3) is 0 Å². The Morgan fingerprint density at radius 3 is 2.21 bits per heavy atom. The minimum atomic E-state index is -3.17.